The molecule has 1 nitrogen and oxygen atoms in total. The van der Waals surface area contributed by atoms with Crippen molar-refractivity contribution in [3.05, 3.63) is 198 Å². The van der Waals surface area contributed by atoms with Crippen molar-refractivity contribution in [2.75, 3.05) is 0 Å². The third-order valence-corrected chi connectivity index (χ3v) is 9.14. The van der Waals surface area contributed by atoms with Crippen LogP contribution >= 0.6 is 0 Å². The van der Waals surface area contributed by atoms with Crippen LogP contribution in [-0.2, 0) is 5.41 Å². The Hall–Kier alpha value is -5.40. The van der Waals surface area contributed by atoms with Gasteiger partial charge in [-0.25, -0.2) is 0 Å². The van der Waals surface area contributed by atoms with Crippen molar-refractivity contribution in [1.29, 1.82) is 0 Å². The van der Waals surface area contributed by atoms with Crippen molar-refractivity contribution in [3.8, 4) is 22.3 Å². The highest BCUT2D eigenvalue weighted by atomic mass is 14.5. The molecule has 43 heavy (non-hydrogen) atoms. The lowest BCUT2D eigenvalue weighted by atomic mass is 9.68. The fourth-order valence-electron chi connectivity index (χ4n) is 7.17. The first-order chi connectivity index (χ1) is 21.1. The predicted octanol–water partition coefficient (Wildman–Crippen LogP) is 10.2. The minimum absolute atomic E-state index is 0.452. The van der Waals surface area contributed by atoms with Crippen molar-refractivity contribution >= 4 is 16.7 Å². The molecule has 7 rings (SSSR count). The predicted molar refractivity (Wildman–Crippen MR) is 183 cm³/mol. The highest BCUT2D eigenvalue weighted by molar-refractivity contribution is 5.97. The van der Waals surface area contributed by atoms with E-state index in [1.165, 1.54) is 50.1 Å². The molecule has 2 N–H and O–H groups in total. The van der Waals surface area contributed by atoms with Crippen LogP contribution in [0.25, 0.3) is 39.0 Å². The zero-order valence-electron chi connectivity index (χ0n) is 24.3. The molecule has 5 aromatic rings. The minimum atomic E-state index is -0.452. The molecule has 0 saturated heterocycles. The summed E-state index contributed by atoms with van der Waals surface area (Å²) in [6.45, 7) is 10.5. The van der Waals surface area contributed by atoms with Gasteiger partial charge in [0.05, 0.1) is 5.41 Å². The Kier molecular flexibility index (Phi) is 6.44. The zero-order chi connectivity index (χ0) is 29.6. The molecule has 2 aliphatic rings. The first-order valence-corrected chi connectivity index (χ1v) is 14.7. The summed E-state index contributed by atoms with van der Waals surface area (Å²) in [6, 6.07) is 43.9. The van der Waals surface area contributed by atoms with Crippen molar-refractivity contribution in [2.24, 2.45) is 5.73 Å². The number of hydrogen-bond acceptors (Lipinski definition) is 1. The Bertz CT molecular complexity index is 1970. The van der Waals surface area contributed by atoms with E-state index in [2.05, 4.69) is 147 Å². The molecule has 0 bridgehead atoms. The van der Waals surface area contributed by atoms with E-state index in [9.17, 15) is 0 Å². The van der Waals surface area contributed by atoms with Crippen molar-refractivity contribution in [2.45, 2.75) is 12.3 Å². The van der Waals surface area contributed by atoms with Gasteiger partial charge >= 0.3 is 0 Å². The van der Waals surface area contributed by atoms with E-state index in [4.69, 9.17) is 5.73 Å². The summed E-state index contributed by atoms with van der Waals surface area (Å²) in [5.74, 6) is 0. The lowest BCUT2D eigenvalue weighted by Gasteiger charge is -2.32. The van der Waals surface area contributed by atoms with Crippen molar-refractivity contribution < 1.29 is 0 Å². The summed E-state index contributed by atoms with van der Waals surface area (Å²) in [4.78, 5) is 0. The summed E-state index contributed by atoms with van der Waals surface area (Å²) in [6.07, 6.45) is 7.78. The SMILES string of the molecule is C=C/C(=C\C1=C(C)c2ccc(-c3cccc(/C(C=C)=C/N)c3)cc2C12c1ccccc1-c1ccccc12)c1ccccc1. The third kappa shape index (κ3) is 3.93. The average molecular weight is 552 g/mol. The maximum Gasteiger partial charge on any atom is 0.0722 e. The fraction of sp³-hybridized carbons (Fsp3) is 0.0476. The van der Waals surface area contributed by atoms with Gasteiger partial charge in [-0.15, -0.1) is 0 Å². The Morgan fingerprint density at radius 1 is 0.581 bits per heavy atom. The van der Waals surface area contributed by atoms with E-state index in [1.54, 1.807) is 12.3 Å². The molecular weight excluding hydrogens is 518 g/mol. The summed E-state index contributed by atoms with van der Waals surface area (Å²) in [5.41, 5.74) is 22.4. The first-order valence-electron chi connectivity index (χ1n) is 14.7. The first kappa shape index (κ1) is 26.5. The summed E-state index contributed by atoms with van der Waals surface area (Å²) in [5, 5.41) is 0. The molecule has 0 radical (unpaired) electrons. The summed E-state index contributed by atoms with van der Waals surface area (Å²) >= 11 is 0. The Morgan fingerprint density at radius 2 is 1.19 bits per heavy atom. The molecule has 0 atom stereocenters. The van der Waals surface area contributed by atoms with Gasteiger partial charge < -0.3 is 5.73 Å². The van der Waals surface area contributed by atoms with Crippen LogP contribution in [0.5, 0.6) is 0 Å². The van der Waals surface area contributed by atoms with Gasteiger partial charge in [-0.1, -0.05) is 135 Å². The lowest BCUT2D eigenvalue weighted by molar-refractivity contribution is 0.786. The summed E-state index contributed by atoms with van der Waals surface area (Å²) < 4.78 is 0. The quantitative estimate of drug-likeness (QED) is 0.209. The number of benzene rings is 5. The molecule has 0 unspecified atom stereocenters. The number of rotatable bonds is 6. The number of fused-ring (bicyclic) bond motifs is 7. The largest absolute Gasteiger partial charge is 0.404 e. The lowest BCUT2D eigenvalue weighted by Crippen LogP contribution is -2.27. The Labute approximate surface area is 254 Å². The minimum Gasteiger partial charge on any atom is -0.404 e. The van der Waals surface area contributed by atoms with Crippen LogP contribution in [0.4, 0.5) is 0 Å². The standard InChI is InChI=1S/C42H33N/c1-4-29(31-14-7-6-8-15-31)25-40-28(3)35-23-22-34(33-17-13-16-32(24-33)30(5-2)27-43)26-41(35)42(40)38-20-11-9-18-36(38)37-19-10-12-21-39(37)42/h4-27H,1-2,43H2,3H3/b29-25+,30-27+. The van der Waals surface area contributed by atoms with E-state index in [1.807, 2.05) is 6.08 Å². The molecule has 0 saturated carbocycles. The molecular formula is C42H33N. The van der Waals surface area contributed by atoms with E-state index in [0.717, 1.165) is 27.8 Å². The highest BCUT2D eigenvalue weighted by Crippen LogP contribution is 2.62. The molecule has 2 aliphatic carbocycles. The fourth-order valence-corrected chi connectivity index (χ4v) is 7.17. The summed E-state index contributed by atoms with van der Waals surface area (Å²) in [7, 11) is 0. The second kappa shape index (κ2) is 10.5. The highest BCUT2D eigenvalue weighted by Gasteiger charge is 2.51. The second-order valence-corrected chi connectivity index (χ2v) is 11.2. The van der Waals surface area contributed by atoms with Crippen LogP contribution in [0.1, 0.15) is 40.3 Å². The van der Waals surface area contributed by atoms with Gasteiger partial charge in [0.15, 0.2) is 0 Å². The van der Waals surface area contributed by atoms with Crippen LogP contribution in [0, 0.1) is 0 Å². The van der Waals surface area contributed by atoms with Gasteiger partial charge in [0.1, 0.15) is 0 Å². The van der Waals surface area contributed by atoms with Gasteiger partial charge in [0.25, 0.3) is 0 Å². The van der Waals surface area contributed by atoms with E-state index >= 15 is 0 Å². The van der Waals surface area contributed by atoms with E-state index < -0.39 is 5.41 Å². The zero-order valence-corrected chi connectivity index (χ0v) is 24.3. The van der Waals surface area contributed by atoms with Crippen LogP contribution in [-0.4, -0.2) is 0 Å². The topological polar surface area (TPSA) is 26.0 Å². The molecule has 0 aliphatic heterocycles. The van der Waals surface area contributed by atoms with Gasteiger partial charge in [-0.05, 0) is 103 Å². The maximum absolute atomic E-state index is 5.92. The number of nitrogens with two attached hydrogens (primary N) is 1. The smallest absolute Gasteiger partial charge is 0.0722 e. The number of hydrogen-bond donors (Lipinski definition) is 1. The van der Waals surface area contributed by atoms with Crippen molar-refractivity contribution in [3.63, 3.8) is 0 Å². The Balaban J connectivity index is 1.53. The third-order valence-electron chi connectivity index (χ3n) is 9.14. The molecule has 1 spiro atoms. The van der Waals surface area contributed by atoms with E-state index in [0.29, 0.717) is 0 Å². The normalized spacial score (nSPS) is 14.8. The molecule has 0 heterocycles. The molecule has 206 valence electrons. The second-order valence-electron chi connectivity index (χ2n) is 11.2. The van der Waals surface area contributed by atoms with Gasteiger partial charge in [0, 0.05) is 6.20 Å². The Morgan fingerprint density at radius 3 is 1.84 bits per heavy atom. The van der Waals surface area contributed by atoms with E-state index in [-0.39, 0.29) is 0 Å². The maximum atomic E-state index is 5.92. The van der Waals surface area contributed by atoms with Gasteiger partial charge in [0.2, 0.25) is 0 Å². The van der Waals surface area contributed by atoms with Crippen LogP contribution in [0.15, 0.2) is 164 Å². The number of allylic oxidation sites excluding steroid dienone is 7. The molecule has 0 fully saturated rings. The molecule has 0 amide bonds. The van der Waals surface area contributed by atoms with Crippen LogP contribution in [0.2, 0.25) is 0 Å². The van der Waals surface area contributed by atoms with Crippen LogP contribution in [0.3, 0.4) is 0 Å². The van der Waals surface area contributed by atoms with Gasteiger partial charge in [-0.3, -0.25) is 0 Å². The van der Waals surface area contributed by atoms with Gasteiger partial charge in [-0.2, -0.15) is 0 Å². The molecule has 0 aromatic heterocycles. The monoisotopic (exact) mass is 551 g/mol. The average Bonchev–Trinajstić information content (AvgIpc) is 3.50. The molecule has 5 aromatic carbocycles. The van der Waals surface area contributed by atoms with Crippen LogP contribution < -0.4 is 5.73 Å². The van der Waals surface area contributed by atoms with Crippen molar-refractivity contribution in [1.82, 2.24) is 0 Å². The molecule has 1 heteroatoms.